The molecule has 0 spiro atoms. The molecule has 0 atom stereocenters. The van der Waals surface area contributed by atoms with Crippen molar-refractivity contribution in [3.05, 3.63) is 63.6 Å². The molecule has 2 nitrogen and oxygen atoms in total. The minimum absolute atomic E-state index is 0.598. The molecule has 0 heterocycles. The number of hydrogen-bond acceptors (Lipinski definition) is 2. The first-order valence-electron chi connectivity index (χ1n) is 6.48. The number of anilines is 1. The van der Waals surface area contributed by atoms with E-state index in [-0.39, 0.29) is 0 Å². The van der Waals surface area contributed by atoms with E-state index < -0.39 is 0 Å². The van der Waals surface area contributed by atoms with Gasteiger partial charge in [-0.15, -0.1) is 0 Å². The summed E-state index contributed by atoms with van der Waals surface area (Å²) in [7, 11) is 4.07. The Bertz CT molecular complexity index is 565. The second-order valence-corrected chi connectivity index (χ2v) is 5.66. The molecule has 0 aliphatic heterocycles. The van der Waals surface area contributed by atoms with Crippen LogP contribution in [-0.2, 0) is 13.1 Å². The molecular formula is C16H18Cl2N2. The fourth-order valence-corrected chi connectivity index (χ4v) is 2.33. The second-order valence-electron chi connectivity index (χ2n) is 4.88. The van der Waals surface area contributed by atoms with Gasteiger partial charge >= 0.3 is 0 Å². The van der Waals surface area contributed by atoms with Gasteiger partial charge in [-0.25, -0.2) is 0 Å². The van der Waals surface area contributed by atoms with Gasteiger partial charge in [0.05, 0.1) is 10.0 Å². The molecule has 4 heteroatoms. The predicted octanol–water partition coefficient (Wildman–Crippen LogP) is 4.35. The van der Waals surface area contributed by atoms with Gasteiger partial charge < -0.3 is 10.2 Å². The zero-order valence-corrected chi connectivity index (χ0v) is 13.2. The van der Waals surface area contributed by atoms with Crippen LogP contribution in [0.4, 0.5) is 5.69 Å². The van der Waals surface area contributed by atoms with Crippen molar-refractivity contribution in [3.63, 3.8) is 0 Å². The molecule has 0 radical (unpaired) electrons. The number of hydrogen-bond donors (Lipinski definition) is 1. The highest BCUT2D eigenvalue weighted by molar-refractivity contribution is 6.42. The Kier molecular flexibility index (Phi) is 5.30. The molecule has 2 aromatic rings. The van der Waals surface area contributed by atoms with Gasteiger partial charge in [0.1, 0.15) is 0 Å². The Hall–Kier alpha value is -1.22. The van der Waals surface area contributed by atoms with E-state index in [1.165, 1.54) is 11.3 Å². The lowest BCUT2D eigenvalue weighted by Crippen LogP contribution is -2.13. The Morgan fingerprint density at radius 3 is 2.30 bits per heavy atom. The van der Waals surface area contributed by atoms with Crippen LogP contribution in [0.3, 0.4) is 0 Å². The molecule has 0 fully saturated rings. The molecule has 1 N–H and O–H groups in total. The van der Waals surface area contributed by atoms with E-state index in [9.17, 15) is 0 Å². The van der Waals surface area contributed by atoms with Crippen LogP contribution in [0.25, 0.3) is 0 Å². The molecule has 0 unspecified atom stereocenters. The average molecular weight is 309 g/mol. The van der Waals surface area contributed by atoms with Crippen molar-refractivity contribution in [2.75, 3.05) is 19.0 Å². The van der Waals surface area contributed by atoms with Gasteiger partial charge in [0, 0.05) is 32.9 Å². The summed E-state index contributed by atoms with van der Waals surface area (Å²) in [5.41, 5.74) is 3.46. The van der Waals surface area contributed by atoms with E-state index in [4.69, 9.17) is 23.2 Å². The zero-order valence-electron chi connectivity index (χ0n) is 11.7. The van der Waals surface area contributed by atoms with E-state index in [2.05, 4.69) is 34.5 Å². The van der Waals surface area contributed by atoms with Crippen LogP contribution >= 0.6 is 23.2 Å². The largest absolute Gasteiger partial charge is 0.378 e. The Labute approximate surface area is 130 Å². The Balaban J connectivity index is 1.91. The summed E-state index contributed by atoms with van der Waals surface area (Å²) in [6.07, 6.45) is 0. The maximum absolute atomic E-state index is 6.15. The molecule has 0 amide bonds. The normalized spacial score (nSPS) is 10.6. The number of nitrogens with zero attached hydrogens (tertiary/aromatic N) is 1. The summed E-state index contributed by atoms with van der Waals surface area (Å²) in [4.78, 5) is 2.09. The standard InChI is InChI=1S/C16H18Cl2N2/c1-20(2)14-8-6-12(7-9-14)10-19-11-13-4-3-5-15(17)16(13)18/h3-9,19H,10-11H2,1-2H3. The highest BCUT2D eigenvalue weighted by Crippen LogP contribution is 2.25. The maximum atomic E-state index is 6.15. The van der Waals surface area contributed by atoms with E-state index in [0.717, 1.165) is 12.1 Å². The number of benzene rings is 2. The fourth-order valence-electron chi connectivity index (χ4n) is 1.94. The predicted molar refractivity (Wildman–Crippen MR) is 87.8 cm³/mol. The second kappa shape index (κ2) is 6.98. The SMILES string of the molecule is CN(C)c1ccc(CNCc2cccc(Cl)c2Cl)cc1. The van der Waals surface area contributed by atoms with Crippen molar-refractivity contribution in [2.24, 2.45) is 0 Å². The monoisotopic (exact) mass is 308 g/mol. The van der Waals surface area contributed by atoms with Gasteiger partial charge in [0.15, 0.2) is 0 Å². The van der Waals surface area contributed by atoms with Gasteiger partial charge in [-0.3, -0.25) is 0 Å². The third-order valence-electron chi connectivity index (χ3n) is 3.13. The minimum Gasteiger partial charge on any atom is -0.378 e. The van der Waals surface area contributed by atoms with Gasteiger partial charge in [0.2, 0.25) is 0 Å². The first kappa shape index (κ1) is 15.2. The Morgan fingerprint density at radius 1 is 0.950 bits per heavy atom. The van der Waals surface area contributed by atoms with E-state index in [1.807, 2.05) is 26.2 Å². The molecule has 0 saturated carbocycles. The first-order chi connectivity index (χ1) is 9.58. The molecular weight excluding hydrogens is 291 g/mol. The van der Waals surface area contributed by atoms with Crippen molar-refractivity contribution < 1.29 is 0 Å². The molecule has 2 rings (SSSR count). The van der Waals surface area contributed by atoms with Gasteiger partial charge in [-0.2, -0.15) is 0 Å². The molecule has 0 bridgehead atoms. The maximum Gasteiger partial charge on any atom is 0.0637 e. The highest BCUT2D eigenvalue weighted by atomic mass is 35.5. The van der Waals surface area contributed by atoms with Crippen molar-refractivity contribution >= 4 is 28.9 Å². The van der Waals surface area contributed by atoms with Crippen molar-refractivity contribution in [2.45, 2.75) is 13.1 Å². The Morgan fingerprint density at radius 2 is 1.65 bits per heavy atom. The summed E-state index contributed by atoms with van der Waals surface area (Å²) < 4.78 is 0. The lowest BCUT2D eigenvalue weighted by Gasteiger charge is -2.13. The highest BCUT2D eigenvalue weighted by Gasteiger charge is 2.03. The zero-order chi connectivity index (χ0) is 14.5. The van der Waals surface area contributed by atoms with E-state index in [1.54, 1.807) is 6.07 Å². The van der Waals surface area contributed by atoms with Crippen molar-refractivity contribution in [1.82, 2.24) is 5.32 Å². The van der Waals surface area contributed by atoms with Crippen LogP contribution in [0, 0.1) is 0 Å². The summed E-state index contributed by atoms with van der Waals surface area (Å²) >= 11 is 12.1. The molecule has 0 aliphatic rings. The van der Waals surface area contributed by atoms with Gasteiger partial charge in [0.25, 0.3) is 0 Å². The quantitative estimate of drug-likeness (QED) is 0.883. The average Bonchev–Trinajstić information content (AvgIpc) is 2.44. The van der Waals surface area contributed by atoms with Crippen LogP contribution in [0.1, 0.15) is 11.1 Å². The topological polar surface area (TPSA) is 15.3 Å². The molecule has 106 valence electrons. The molecule has 0 aliphatic carbocycles. The summed E-state index contributed by atoms with van der Waals surface area (Å²) in [6.45, 7) is 1.51. The summed E-state index contributed by atoms with van der Waals surface area (Å²) in [5, 5.41) is 4.61. The van der Waals surface area contributed by atoms with Crippen LogP contribution in [0.2, 0.25) is 10.0 Å². The van der Waals surface area contributed by atoms with Crippen molar-refractivity contribution in [3.8, 4) is 0 Å². The molecule has 2 aromatic carbocycles. The number of rotatable bonds is 5. The van der Waals surface area contributed by atoms with Crippen LogP contribution in [0.15, 0.2) is 42.5 Å². The smallest absolute Gasteiger partial charge is 0.0637 e. The molecule has 0 saturated heterocycles. The first-order valence-corrected chi connectivity index (χ1v) is 7.23. The van der Waals surface area contributed by atoms with Crippen LogP contribution in [-0.4, -0.2) is 14.1 Å². The van der Waals surface area contributed by atoms with Crippen LogP contribution in [0.5, 0.6) is 0 Å². The summed E-state index contributed by atoms with van der Waals surface area (Å²) in [6, 6.07) is 14.2. The minimum atomic E-state index is 0.598. The van der Waals surface area contributed by atoms with E-state index >= 15 is 0 Å². The van der Waals surface area contributed by atoms with Gasteiger partial charge in [-0.1, -0.05) is 47.5 Å². The third-order valence-corrected chi connectivity index (χ3v) is 3.99. The third kappa shape index (κ3) is 3.89. The number of halogens is 2. The van der Waals surface area contributed by atoms with E-state index in [0.29, 0.717) is 16.6 Å². The molecule has 0 aromatic heterocycles. The molecule has 20 heavy (non-hydrogen) atoms. The number of nitrogens with one attached hydrogen (secondary N) is 1. The lowest BCUT2D eigenvalue weighted by atomic mass is 10.2. The van der Waals surface area contributed by atoms with Crippen molar-refractivity contribution in [1.29, 1.82) is 0 Å². The summed E-state index contributed by atoms with van der Waals surface area (Å²) in [5.74, 6) is 0. The van der Waals surface area contributed by atoms with Gasteiger partial charge in [-0.05, 0) is 29.3 Å². The lowest BCUT2D eigenvalue weighted by molar-refractivity contribution is 0.693. The van der Waals surface area contributed by atoms with Crippen LogP contribution < -0.4 is 10.2 Å². The fraction of sp³-hybridized carbons (Fsp3) is 0.250.